The molecule has 0 spiro atoms. The summed E-state index contributed by atoms with van der Waals surface area (Å²) in [4.78, 5) is 9.50. The van der Waals surface area contributed by atoms with Crippen LogP contribution in [0.25, 0.3) is 0 Å². The van der Waals surface area contributed by atoms with Gasteiger partial charge in [-0.15, -0.1) is 0 Å². The number of hydrogen-bond acceptors (Lipinski definition) is 8. The lowest BCUT2D eigenvalue weighted by molar-refractivity contribution is 0.0311. The number of likely N-dealkylation sites (N-methyl/N-ethyl adjacent to an activating group) is 2. The highest BCUT2D eigenvalue weighted by Crippen LogP contribution is 2.12. The summed E-state index contributed by atoms with van der Waals surface area (Å²) in [5, 5.41) is 0. The summed E-state index contributed by atoms with van der Waals surface area (Å²) < 4.78 is 23.7. The Morgan fingerprint density at radius 1 is 0.533 bits per heavy atom. The van der Waals surface area contributed by atoms with E-state index in [1.54, 1.807) is 0 Å². The molecule has 0 saturated carbocycles. The summed E-state index contributed by atoms with van der Waals surface area (Å²) in [6.07, 6.45) is 0. The number of hydrogen-bond donors (Lipinski definition) is 0. The van der Waals surface area contributed by atoms with Crippen LogP contribution in [0.2, 0.25) is 0 Å². The van der Waals surface area contributed by atoms with Gasteiger partial charge in [0, 0.05) is 52.4 Å². The molecule has 0 N–H and O–H groups in total. The lowest BCUT2D eigenvalue weighted by Crippen LogP contribution is -2.38. The van der Waals surface area contributed by atoms with Crippen LogP contribution in [0.5, 0.6) is 0 Å². The van der Waals surface area contributed by atoms with Crippen LogP contribution in [-0.4, -0.2) is 126 Å². The van der Waals surface area contributed by atoms with E-state index in [2.05, 4.69) is 45.8 Å². The Morgan fingerprint density at radius 3 is 1.37 bits per heavy atom. The lowest BCUT2D eigenvalue weighted by atomic mass is 10.3. The molecule has 0 radical (unpaired) electrons. The summed E-state index contributed by atoms with van der Waals surface area (Å²) in [6.45, 7) is 13.6. The van der Waals surface area contributed by atoms with Crippen LogP contribution in [0.4, 0.5) is 0 Å². The normalized spacial score (nSPS) is 28.2. The minimum atomic E-state index is 0.660. The summed E-state index contributed by atoms with van der Waals surface area (Å²) in [5.41, 5.74) is 0. The Labute approximate surface area is 181 Å². The van der Waals surface area contributed by atoms with Crippen molar-refractivity contribution >= 4 is 0 Å². The van der Waals surface area contributed by atoms with Gasteiger partial charge in [-0.1, -0.05) is 0 Å². The number of rotatable bonds is 0. The first-order valence-electron chi connectivity index (χ1n) is 11.3. The Kier molecular flexibility index (Phi) is 10.6. The number of ether oxygens (including phenoxy) is 3. The van der Waals surface area contributed by atoms with Crippen molar-refractivity contribution in [2.75, 3.05) is 106 Å². The van der Waals surface area contributed by atoms with E-state index < -0.39 is 0 Å². The van der Waals surface area contributed by atoms with E-state index in [9.17, 15) is 0 Å². The van der Waals surface area contributed by atoms with Crippen molar-refractivity contribution in [2.24, 2.45) is 0 Å². The molecule has 1 fully saturated rings. The standard InChI is InChI=1S/C22H40N4O4/c1-23-5-7-25-9-13-27-14-10-26(12-16-29-18-17-28-15-11-25)8-6-24(2)20-22-4-3-21(19-23)30-22/h3-4H,5-20H2,1-2H3. The van der Waals surface area contributed by atoms with E-state index in [0.29, 0.717) is 13.2 Å². The minimum absolute atomic E-state index is 0.660. The predicted octanol–water partition coefficient (Wildman–Crippen LogP) is 0.824. The molecule has 2 atom stereocenters. The highest BCUT2D eigenvalue weighted by atomic mass is 16.5. The molecular formula is C22H40N4O4. The molecule has 2 unspecified atom stereocenters. The number of fused-ring (bicyclic) bond motifs is 8. The molecule has 8 heteroatoms. The van der Waals surface area contributed by atoms with E-state index in [4.69, 9.17) is 18.6 Å². The first-order chi connectivity index (χ1) is 14.7. The van der Waals surface area contributed by atoms with Crippen LogP contribution >= 0.6 is 0 Å². The second-order valence-electron chi connectivity index (χ2n) is 8.36. The average Bonchev–Trinajstić information content (AvgIpc) is 3.15. The second kappa shape index (κ2) is 13.4. The van der Waals surface area contributed by atoms with Crippen LogP contribution in [0, 0.1) is 0 Å². The molecule has 30 heavy (non-hydrogen) atoms. The van der Waals surface area contributed by atoms with E-state index in [-0.39, 0.29) is 0 Å². The first kappa shape index (κ1) is 23.7. The monoisotopic (exact) mass is 424 g/mol. The van der Waals surface area contributed by atoms with Crippen LogP contribution in [0.3, 0.4) is 0 Å². The van der Waals surface area contributed by atoms with Crippen LogP contribution in [0.1, 0.15) is 11.5 Å². The molecule has 0 amide bonds. The van der Waals surface area contributed by atoms with Crippen molar-refractivity contribution in [3.05, 3.63) is 23.7 Å². The van der Waals surface area contributed by atoms with Crippen LogP contribution in [-0.2, 0) is 27.3 Å². The molecule has 3 heterocycles. The van der Waals surface area contributed by atoms with Crippen LogP contribution in [0.15, 0.2) is 16.5 Å². The molecule has 1 saturated heterocycles. The Hall–Kier alpha value is -1.00. The van der Waals surface area contributed by atoms with Gasteiger partial charge in [0.1, 0.15) is 11.5 Å². The van der Waals surface area contributed by atoms with Gasteiger partial charge in [0.15, 0.2) is 0 Å². The summed E-state index contributed by atoms with van der Waals surface area (Å²) in [6, 6.07) is 4.23. The molecular weight excluding hydrogens is 384 g/mol. The third-order valence-electron chi connectivity index (χ3n) is 5.74. The maximum absolute atomic E-state index is 6.09. The van der Waals surface area contributed by atoms with Crippen molar-refractivity contribution in [2.45, 2.75) is 13.1 Å². The molecule has 1 aromatic rings. The maximum Gasteiger partial charge on any atom is 0.118 e. The zero-order chi connectivity index (χ0) is 21.0. The van der Waals surface area contributed by atoms with Crippen molar-refractivity contribution in [1.29, 1.82) is 0 Å². The summed E-state index contributed by atoms with van der Waals surface area (Å²) >= 11 is 0. The summed E-state index contributed by atoms with van der Waals surface area (Å²) in [7, 11) is 4.30. The number of nitrogens with zero attached hydrogens (tertiary/aromatic N) is 4. The van der Waals surface area contributed by atoms with Gasteiger partial charge in [0.05, 0.1) is 52.7 Å². The first-order valence-corrected chi connectivity index (χ1v) is 11.3. The fourth-order valence-electron chi connectivity index (χ4n) is 3.78. The molecule has 2 aliphatic heterocycles. The van der Waals surface area contributed by atoms with E-state index in [1.165, 1.54) is 0 Å². The van der Waals surface area contributed by atoms with Crippen LogP contribution < -0.4 is 0 Å². The fourth-order valence-corrected chi connectivity index (χ4v) is 3.78. The summed E-state index contributed by atoms with van der Waals surface area (Å²) in [5.74, 6) is 2.06. The van der Waals surface area contributed by atoms with E-state index in [0.717, 1.165) is 103 Å². The smallest absolute Gasteiger partial charge is 0.118 e. The molecule has 2 aliphatic rings. The molecule has 172 valence electrons. The number of furan rings is 1. The minimum Gasteiger partial charge on any atom is -0.463 e. The molecule has 8 nitrogen and oxygen atoms in total. The van der Waals surface area contributed by atoms with Crippen molar-refractivity contribution in [1.82, 2.24) is 19.6 Å². The predicted molar refractivity (Wildman–Crippen MR) is 117 cm³/mol. The van der Waals surface area contributed by atoms with Gasteiger partial charge in [-0.3, -0.25) is 19.6 Å². The van der Waals surface area contributed by atoms with Gasteiger partial charge in [-0.05, 0) is 26.2 Å². The highest BCUT2D eigenvalue weighted by molar-refractivity contribution is 5.07. The molecule has 3 rings (SSSR count). The Balaban J connectivity index is 1.67. The highest BCUT2D eigenvalue weighted by Gasteiger charge is 2.13. The van der Waals surface area contributed by atoms with Gasteiger partial charge in [0.25, 0.3) is 0 Å². The largest absolute Gasteiger partial charge is 0.463 e. The van der Waals surface area contributed by atoms with Crippen molar-refractivity contribution in [3.63, 3.8) is 0 Å². The average molecular weight is 425 g/mol. The van der Waals surface area contributed by atoms with Gasteiger partial charge in [0.2, 0.25) is 0 Å². The van der Waals surface area contributed by atoms with Crippen molar-refractivity contribution < 1.29 is 18.6 Å². The molecule has 0 aliphatic carbocycles. The van der Waals surface area contributed by atoms with Gasteiger partial charge < -0.3 is 18.6 Å². The molecule has 4 bridgehead atoms. The van der Waals surface area contributed by atoms with E-state index in [1.807, 2.05) is 0 Å². The van der Waals surface area contributed by atoms with E-state index >= 15 is 0 Å². The third kappa shape index (κ3) is 9.01. The Morgan fingerprint density at radius 2 is 0.933 bits per heavy atom. The molecule has 1 aromatic heterocycles. The van der Waals surface area contributed by atoms with Crippen molar-refractivity contribution in [3.8, 4) is 0 Å². The lowest BCUT2D eigenvalue weighted by Gasteiger charge is -2.26. The van der Waals surface area contributed by atoms with Gasteiger partial charge in [-0.2, -0.15) is 0 Å². The second-order valence-corrected chi connectivity index (χ2v) is 8.36. The van der Waals surface area contributed by atoms with Gasteiger partial charge in [-0.25, -0.2) is 0 Å². The zero-order valence-corrected chi connectivity index (χ0v) is 18.9. The SMILES string of the molecule is CN1CCN2CCOCCOCCN(CCOCC2)CCN(C)Cc2ccc(o2)C1. The zero-order valence-electron chi connectivity index (χ0n) is 18.9. The maximum atomic E-state index is 6.09. The quantitative estimate of drug-likeness (QED) is 0.568. The third-order valence-corrected chi connectivity index (χ3v) is 5.74. The fraction of sp³-hybridized carbons (Fsp3) is 0.818. The van der Waals surface area contributed by atoms with Gasteiger partial charge >= 0.3 is 0 Å². The molecule has 0 aromatic carbocycles. The topological polar surface area (TPSA) is 53.8 Å². The Bertz CT molecular complexity index is 539.